The Labute approximate surface area is 131 Å². The second-order valence-corrected chi connectivity index (χ2v) is 8.09. The first-order valence-electron chi connectivity index (χ1n) is 5.53. The predicted octanol–water partition coefficient (Wildman–Crippen LogP) is 6.52. The minimum absolute atomic E-state index is 0.291. The van der Waals surface area contributed by atoms with E-state index in [1.54, 1.807) is 11.3 Å². The molecule has 0 amide bonds. The molecule has 3 aromatic rings. The Morgan fingerprint density at radius 1 is 1.17 bits per heavy atom. The first kappa shape index (κ1) is 12.9. The van der Waals surface area contributed by atoms with Gasteiger partial charge in [-0.2, -0.15) is 0 Å². The minimum atomic E-state index is 0.291. The van der Waals surface area contributed by atoms with Crippen LogP contribution in [-0.4, -0.2) is 0 Å². The molecule has 0 nitrogen and oxygen atoms in total. The second-order valence-electron chi connectivity index (χ2n) is 4.12. The summed E-state index contributed by atoms with van der Waals surface area (Å²) in [7, 11) is 0. The Balaban J connectivity index is 2.12. The summed E-state index contributed by atoms with van der Waals surface area (Å²) in [5.41, 5.74) is 1.36. The molecule has 0 spiro atoms. The molecule has 4 heteroatoms. The van der Waals surface area contributed by atoms with Crippen LogP contribution in [0.1, 0.15) is 20.1 Å². The highest BCUT2D eigenvalue weighted by Gasteiger charge is 2.17. The Hall–Kier alpha value is -0.160. The summed E-state index contributed by atoms with van der Waals surface area (Å²) in [4.78, 5) is 3.02. The van der Waals surface area contributed by atoms with E-state index < -0.39 is 0 Å². The van der Waals surface area contributed by atoms with E-state index in [4.69, 9.17) is 0 Å². The van der Waals surface area contributed by atoms with Gasteiger partial charge in [-0.25, -0.2) is 0 Å². The van der Waals surface area contributed by atoms with Crippen LogP contribution in [0.15, 0.2) is 40.2 Å². The third-order valence-electron chi connectivity index (χ3n) is 2.87. The van der Waals surface area contributed by atoms with Gasteiger partial charge in [0.25, 0.3) is 0 Å². The molecule has 2 heterocycles. The van der Waals surface area contributed by atoms with E-state index >= 15 is 0 Å². The number of benzene rings is 1. The zero-order valence-corrected chi connectivity index (χ0v) is 14.4. The molecule has 0 bridgehead atoms. The van der Waals surface area contributed by atoms with Crippen molar-refractivity contribution >= 4 is 64.6 Å². The number of fused-ring (bicyclic) bond motifs is 1. The largest absolute Gasteiger partial charge is 0.144 e. The van der Waals surface area contributed by atoms with Crippen molar-refractivity contribution in [2.45, 2.75) is 11.8 Å². The molecule has 0 fully saturated rings. The van der Waals surface area contributed by atoms with Crippen molar-refractivity contribution in [3.8, 4) is 0 Å². The Morgan fingerprint density at radius 3 is 2.72 bits per heavy atom. The van der Waals surface area contributed by atoms with Crippen molar-refractivity contribution in [2.24, 2.45) is 0 Å². The van der Waals surface area contributed by atoms with Gasteiger partial charge in [0.2, 0.25) is 0 Å². The van der Waals surface area contributed by atoms with E-state index in [1.807, 2.05) is 11.3 Å². The third-order valence-corrected chi connectivity index (χ3v) is 7.19. The number of rotatable bonds is 2. The van der Waals surface area contributed by atoms with Gasteiger partial charge in [0.15, 0.2) is 0 Å². The summed E-state index contributed by atoms with van der Waals surface area (Å²) in [6.07, 6.45) is 0. The van der Waals surface area contributed by atoms with Crippen molar-refractivity contribution < 1.29 is 0 Å². The fraction of sp³-hybridized carbons (Fsp3) is 0.143. The molecule has 18 heavy (non-hydrogen) atoms. The number of hydrogen-bond donors (Lipinski definition) is 0. The first-order chi connectivity index (χ1) is 8.66. The van der Waals surface area contributed by atoms with Crippen molar-refractivity contribution in [2.75, 3.05) is 0 Å². The highest BCUT2D eigenvalue weighted by Crippen LogP contribution is 2.42. The molecule has 0 N–H and O–H groups in total. The monoisotopic (exact) mass is 400 g/mol. The maximum atomic E-state index is 3.83. The SMILES string of the molecule is Cc1ccc(C(Br)c2csc3c(Br)cccc23)s1. The lowest BCUT2D eigenvalue weighted by Gasteiger charge is -2.06. The number of halogens is 2. The van der Waals surface area contributed by atoms with Gasteiger partial charge in [0.05, 0.1) is 4.83 Å². The molecule has 0 radical (unpaired) electrons. The average Bonchev–Trinajstić information content (AvgIpc) is 2.95. The first-order valence-corrected chi connectivity index (χ1v) is 8.93. The average molecular weight is 402 g/mol. The predicted molar refractivity (Wildman–Crippen MR) is 89.4 cm³/mol. The van der Waals surface area contributed by atoms with Gasteiger partial charge in [-0.3, -0.25) is 0 Å². The lowest BCUT2D eigenvalue weighted by molar-refractivity contribution is 1.27. The van der Waals surface area contributed by atoms with Crippen LogP contribution < -0.4 is 0 Å². The molecule has 0 saturated heterocycles. The standard InChI is InChI=1S/C14H10Br2S2/c1-8-5-6-12(18-8)13(16)10-7-17-14-9(10)3-2-4-11(14)15/h2-7,13H,1H3. The van der Waals surface area contributed by atoms with Crippen LogP contribution in [-0.2, 0) is 0 Å². The smallest absolute Gasteiger partial charge is 0.0752 e. The van der Waals surface area contributed by atoms with Crippen molar-refractivity contribution in [1.82, 2.24) is 0 Å². The van der Waals surface area contributed by atoms with E-state index in [1.165, 1.54) is 29.9 Å². The molecule has 0 aliphatic carbocycles. The van der Waals surface area contributed by atoms with E-state index in [0.29, 0.717) is 4.83 Å². The van der Waals surface area contributed by atoms with Crippen LogP contribution in [0.3, 0.4) is 0 Å². The van der Waals surface area contributed by atoms with E-state index in [-0.39, 0.29) is 0 Å². The quantitative estimate of drug-likeness (QED) is 0.429. The maximum Gasteiger partial charge on any atom is 0.0752 e. The molecule has 1 unspecified atom stereocenters. The van der Waals surface area contributed by atoms with E-state index in [9.17, 15) is 0 Å². The molecule has 1 aromatic carbocycles. The third kappa shape index (κ3) is 2.20. The summed E-state index contributed by atoms with van der Waals surface area (Å²) in [5.74, 6) is 0. The summed E-state index contributed by atoms with van der Waals surface area (Å²) in [6.45, 7) is 2.15. The molecule has 0 aliphatic heterocycles. The molecule has 0 aliphatic rings. The fourth-order valence-corrected chi connectivity index (χ4v) is 5.49. The second kappa shape index (κ2) is 5.08. The Morgan fingerprint density at radius 2 is 2.00 bits per heavy atom. The fourth-order valence-electron chi connectivity index (χ4n) is 1.98. The summed E-state index contributed by atoms with van der Waals surface area (Å²) >= 11 is 11.1. The molecule has 0 saturated carbocycles. The van der Waals surface area contributed by atoms with Gasteiger partial charge in [0, 0.05) is 18.9 Å². The van der Waals surface area contributed by atoms with Gasteiger partial charge in [0.1, 0.15) is 0 Å². The zero-order valence-electron chi connectivity index (χ0n) is 9.61. The highest BCUT2D eigenvalue weighted by molar-refractivity contribution is 9.10. The van der Waals surface area contributed by atoms with Gasteiger partial charge in [-0.15, -0.1) is 22.7 Å². The minimum Gasteiger partial charge on any atom is -0.144 e. The maximum absolute atomic E-state index is 3.83. The van der Waals surface area contributed by atoms with Crippen LogP contribution >= 0.6 is 54.5 Å². The highest BCUT2D eigenvalue weighted by atomic mass is 79.9. The molecule has 1 atom stereocenters. The molecule has 2 aromatic heterocycles. The van der Waals surface area contributed by atoms with Gasteiger partial charge in [-0.1, -0.05) is 28.1 Å². The molecule has 3 rings (SSSR count). The van der Waals surface area contributed by atoms with Gasteiger partial charge >= 0.3 is 0 Å². The van der Waals surface area contributed by atoms with Crippen molar-refractivity contribution in [3.05, 3.63) is 55.5 Å². The van der Waals surface area contributed by atoms with Gasteiger partial charge in [-0.05, 0) is 57.4 Å². The molecule has 92 valence electrons. The molecular weight excluding hydrogens is 392 g/mol. The number of thiophene rings is 2. The van der Waals surface area contributed by atoms with Crippen molar-refractivity contribution in [1.29, 1.82) is 0 Å². The lowest BCUT2D eigenvalue weighted by Crippen LogP contribution is -1.87. The molecular formula is C14H10Br2S2. The van der Waals surface area contributed by atoms with Crippen molar-refractivity contribution in [3.63, 3.8) is 0 Å². The summed E-state index contributed by atoms with van der Waals surface area (Å²) in [6, 6.07) is 10.8. The van der Waals surface area contributed by atoms with Crippen LogP contribution in [0, 0.1) is 6.92 Å². The lowest BCUT2D eigenvalue weighted by atomic mass is 10.1. The summed E-state index contributed by atoms with van der Waals surface area (Å²) in [5, 5.41) is 3.59. The van der Waals surface area contributed by atoms with E-state index in [2.05, 4.69) is 74.5 Å². The van der Waals surface area contributed by atoms with Crippen LogP contribution in [0.4, 0.5) is 0 Å². The normalized spacial score (nSPS) is 13.1. The number of alkyl halides is 1. The van der Waals surface area contributed by atoms with Crippen LogP contribution in [0.25, 0.3) is 10.1 Å². The Kier molecular flexibility index (Phi) is 3.63. The summed E-state index contributed by atoms with van der Waals surface area (Å²) < 4.78 is 2.50. The number of hydrogen-bond acceptors (Lipinski definition) is 2. The zero-order chi connectivity index (χ0) is 12.7. The van der Waals surface area contributed by atoms with Crippen LogP contribution in [0.2, 0.25) is 0 Å². The topological polar surface area (TPSA) is 0 Å². The van der Waals surface area contributed by atoms with E-state index in [0.717, 1.165) is 0 Å². The van der Waals surface area contributed by atoms with Crippen LogP contribution in [0.5, 0.6) is 0 Å². The van der Waals surface area contributed by atoms with Gasteiger partial charge < -0.3 is 0 Å². The number of aryl methyl sites for hydroxylation is 1. The Bertz CT molecular complexity index is 697.